The first-order valence-electron chi connectivity index (χ1n) is 5.09. The molecule has 0 amide bonds. The molecule has 0 aliphatic heterocycles. The van der Waals surface area contributed by atoms with Gasteiger partial charge in [-0.15, -0.1) is 0 Å². The van der Waals surface area contributed by atoms with Crippen molar-refractivity contribution < 1.29 is 0 Å². The van der Waals surface area contributed by atoms with E-state index < -0.39 is 0 Å². The average Bonchev–Trinajstić information content (AvgIpc) is 2.38. The molecule has 3 heteroatoms. The molecule has 0 fully saturated rings. The van der Waals surface area contributed by atoms with Gasteiger partial charge in [-0.1, -0.05) is 46.3 Å². The van der Waals surface area contributed by atoms with Gasteiger partial charge in [0, 0.05) is 10.0 Å². The van der Waals surface area contributed by atoms with E-state index in [1.165, 1.54) is 0 Å². The van der Waals surface area contributed by atoms with Crippen LogP contribution in [0.5, 0.6) is 0 Å². The number of hydrogen-bond acceptors (Lipinski definition) is 2. The SMILES string of the molecule is N#CC(=Nc1ccccc1)c1ccc(Br)cc1. The van der Waals surface area contributed by atoms with E-state index in [0.717, 1.165) is 15.7 Å². The molecule has 0 saturated heterocycles. The van der Waals surface area contributed by atoms with E-state index in [-0.39, 0.29) is 0 Å². The molecule has 0 aliphatic carbocycles. The maximum absolute atomic E-state index is 9.12. The van der Waals surface area contributed by atoms with Crippen LogP contribution in [0.4, 0.5) is 5.69 Å². The molecule has 0 radical (unpaired) electrons. The Morgan fingerprint density at radius 3 is 2.24 bits per heavy atom. The third-order valence-corrected chi connectivity index (χ3v) is 2.75. The first-order valence-corrected chi connectivity index (χ1v) is 5.88. The van der Waals surface area contributed by atoms with Gasteiger partial charge in [-0.25, -0.2) is 4.99 Å². The molecule has 0 spiro atoms. The smallest absolute Gasteiger partial charge is 0.148 e. The zero-order chi connectivity index (χ0) is 12.1. The molecule has 82 valence electrons. The summed E-state index contributed by atoms with van der Waals surface area (Å²) in [6.45, 7) is 0. The van der Waals surface area contributed by atoms with Gasteiger partial charge in [0.05, 0.1) is 5.69 Å². The van der Waals surface area contributed by atoms with Gasteiger partial charge in [0.15, 0.2) is 0 Å². The summed E-state index contributed by atoms with van der Waals surface area (Å²) in [4.78, 5) is 4.32. The van der Waals surface area contributed by atoms with Gasteiger partial charge < -0.3 is 0 Å². The Bertz CT molecular complexity index is 565. The van der Waals surface area contributed by atoms with Crippen LogP contribution in [0, 0.1) is 11.3 Å². The van der Waals surface area contributed by atoms with Crippen molar-refractivity contribution in [2.24, 2.45) is 4.99 Å². The van der Waals surface area contributed by atoms with Gasteiger partial charge in [-0.05, 0) is 24.3 Å². The Balaban J connectivity index is 2.38. The fourth-order valence-electron chi connectivity index (χ4n) is 1.39. The monoisotopic (exact) mass is 284 g/mol. The minimum atomic E-state index is 0.420. The standard InChI is InChI=1S/C14H9BrN2/c15-12-8-6-11(7-9-12)14(10-16)17-13-4-2-1-3-5-13/h1-9H. The van der Waals surface area contributed by atoms with Crippen LogP contribution in [0.15, 0.2) is 64.1 Å². The van der Waals surface area contributed by atoms with E-state index in [0.29, 0.717) is 5.71 Å². The van der Waals surface area contributed by atoms with Crippen molar-refractivity contribution in [1.82, 2.24) is 0 Å². The molecule has 2 nitrogen and oxygen atoms in total. The van der Waals surface area contributed by atoms with Crippen LogP contribution in [0.2, 0.25) is 0 Å². The molecular formula is C14H9BrN2. The van der Waals surface area contributed by atoms with Crippen molar-refractivity contribution in [2.75, 3.05) is 0 Å². The quantitative estimate of drug-likeness (QED) is 0.765. The van der Waals surface area contributed by atoms with E-state index in [4.69, 9.17) is 5.26 Å². The summed E-state index contributed by atoms with van der Waals surface area (Å²) in [5, 5.41) is 9.12. The van der Waals surface area contributed by atoms with Crippen molar-refractivity contribution in [1.29, 1.82) is 5.26 Å². The molecule has 0 bridgehead atoms. The summed E-state index contributed by atoms with van der Waals surface area (Å²) in [7, 11) is 0. The second kappa shape index (κ2) is 5.42. The van der Waals surface area contributed by atoms with Gasteiger partial charge >= 0.3 is 0 Å². The fourth-order valence-corrected chi connectivity index (χ4v) is 1.66. The normalized spacial score (nSPS) is 10.9. The first-order chi connectivity index (χ1) is 8.29. The predicted molar refractivity (Wildman–Crippen MR) is 72.4 cm³/mol. The lowest BCUT2D eigenvalue weighted by molar-refractivity contribution is 1.47. The lowest BCUT2D eigenvalue weighted by Crippen LogP contribution is -1.95. The van der Waals surface area contributed by atoms with E-state index >= 15 is 0 Å². The van der Waals surface area contributed by atoms with Crippen LogP contribution >= 0.6 is 15.9 Å². The second-order valence-corrected chi connectivity index (χ2v) is 4.33. The zero-order valence-electron chi connectivity index (χ0n) is 8.97. The van der Waals surface area contributed by atoms with E-state index in [9.17, 15) is 0 Å². The molecule has 0 atom stereocenters. The van der Waals surface area contributed by atoms with E-state index in [1.54, 1.807) is 0 Å². The van der Waals surface area contributed by atoms with Crippen LogP contribution in [0.25, 0.3) is 0 Å². The van der Waals surface area contributed by atoms with Gasteiger partial charge in [-0.3, -0.25) is 0 Å². The number of rotatable bonds is 2. The van der Waals surface area contributed by atoms with Crippen LogP contribution in [0.3, 0.4) is 0 Å². The van der Waals surface area contributed by atoms with Crippen molar-refractivity contribution >= 4 is 27.3 Å². The van der Waals surface area contributed by atoms with Crippen LogP contribution < -0.4 is 0 Å². The van der Waals surface area contributed by atoms with Crippen molar-refractivity contribution in [2.45, 2.75) is 0 Å². The highest BCUT2D eigenvalue weighted by Crippen LogP contribution is 2.15. The Morgan fingerprint density at radius 2 is 1.65 bits per heavy atom. The zero-order valence-corrected chi connectivity index (χ0v) is 10.6. The number of nitrogens with zero attached hydrogens (tertiary/aromatic N) is 2. The molecule has 0 aliphatic rings. The number of halogens is 1. The number of aliphatic imine (C=N–C) groups is 1. The third kappa shape index (κ3) is 3.02. The van der Waals surface area contributed by atoms with Crippen LogP contribution in [-0.2, 0) is 0 Å². The molecular weight excluding hydrogens is 276 g/mol. The lowest BCUT2D eigenvalue weighted by Gasteiger charge is -1.99. The van der Waals surface area contributed by atoms with Gasteiger partial charge in [0.2, 0.25) is 0 Å². The van der Waals surface area contributed by atoms with E-state index in [2.05, 4.69) is 27.0 Å². The molecule has 0 saturated carbocycles. The van der Waals surface area contributed by atoms with Crippen LogP contribution in [-0.4, -0.2) is 5.71 Å². The molecule has 2 aromatic rings. The number of para-hydroxylation sites is 1. The van der Waals surface area contributed by atoms with Crippen molar-refractivity contribution in [3.8, 4) is 6.07 Å². The molecule has 17 heavy (non-hydrogen) atoms. The van der Waals surface area contributed by atoms with Crippen LogP contribution in [0.1, 0.15) is 5.56 Å². The van der Waals surface area contributed by atoms with E-state index in [1.807, 2.05) is 54.6 Å². The highest BCUT2D eigenvalue weighted by Gasteiger charge is 2.02. The Labute approximate surface area is 108 Å². The summed E-state index contributed by atoms with van der Waals surface area (Å²) in [6, 6.07) is 19.1. The van der Waals surface area contributed by atoms with Gasteiger partial charge in [0.25, 0.3) is 0 Å². The minimum Gasteiger partial charge on any atom is -0.237 e. The highest BCUT2D eigenvalue weighted by atomic mass is 79.9. The molecule has 0 N–H and O–H groups in total. The summed E-state index contributed by atoms with van der Waals surface area (Å²) >= 11 is 3.36. The fraction of sp³-hybridized carbons (Fsp3) is 0. The lowest BCUT2D eigenvalue weighted by atomic mass is 10.1. The molecule has 0 heterocycles. The number of hydrogen-bond donors (Lipinski definition) is 0. The molecule has 0 unspecified atom stereocenters. The highest BCUT2D eigenvalue weighted by molar-refractivity contribution is 9.10. The number of nitriles is 1. The van der Waals surface area contributed by atoms with Crippen molar-refractivity contribution in [3.63, 3.8) is 0 Å². The van der Waals surface area contributed by atoms with Gasteiger partial charge in [-0.2, -0.15) is 5.26 Å². The summed E-state index contributed by atoms with van der Waals surface area (Å²) in [6.07, 6.45) is 0. The summed E-state index contributed by atoms with van der Waals surface area (Å²) < 4.78 is 0.984. The Kier molecular flexibility index (Phi) is 3.69. The number of benzene rings is 2. The Morgan fingerprint density at radius 1 is 1.00 bits per heavy atom. The molecule has 2 aromatic carbocycles. The summed E-state index contributed by atoms with van der Waals surface area (Å²) in [5.74, 6) is 0. The first kappa shape index (κ1) is 11.6. The molecule has 0 aromatic heterocycles. The second-order valence-electron chi connectivity index (χ2n) is 3.41. The molecule has 2 rings (SSSR count). The average molecular weight is 285 g/mol. The maximum Gasteiger partial charge on any atom is 0.148 e. The summed E-state index contributed by atoms with van der Waals surface area (Å²) in [5.41, 5.74) is 2.02. The van der Waals surface area contributed by atoms with Crippen molar-refractivity contribution in [3.05, 3.63) is 64.6 Å². The maximum atomic E-state index is 9.12. The Hall–Kier alpha value is -1.92. The largest absolute Gasteiger partial charge is 0.237 e. The predicted octanol–water partition coefficient (Wildman–Crippen LogP) is 4.09. The van der Waals surface area contributed by atoms with Gasteiger partial charge in [0.1, 0.15) is 11.8 Å². The minimum absolute atomic E-state index is 0.420. The topological polar surface area (TPSA) is 36.1 Å². The third-order valence-electron chi connectivity index (χ3n) is 2.22.